The molecule has 0 N–H and O–H groups in total. The van der Waals surface area contributed by atoms with Crippen LogP contribution in [0.5, 0.6) is 0 Å². The van der Waals surface area contributed by atoms with Gasteiger partial charge in [0.1, 0.15) is 0 Å². The van der Waals surface area contributed by atoms with Crippen LogP contribution in [0.2, 0.25) is 0 Å². The van der Waals surface area contributed by atoms with Crippen molar-refractivity contribution >= 4 is 68.0 Å². The third-order valence-corrected chi connectivity index (χ3v) is 14.0. The van der Waals surface area contributed by atoms with E-state index in [-0.39, 0.29) is 17.1 Å². The summed E-state index contributed by atoms with van der Waals surface area (Å²) in [4.78, 5) is 22.5. The molecule has 3 nitrogen and oxygen atoms in total. The van der Waals surface area contributed by atoms with Crippen LogP contribution in [0.25, 0.3) is 0 Å². The van der Waals surface area contributed by atoms with E-state index in [1.54, 1.807) is 0 Å². The molecule has 0 saturated heterocycles. The quantitative estimate of drug-likeness (QED) is 0.131. The molecule has 258 valence electrons. The fraction of sp³-hybridized carbons (Fsp3) is 0.133. The molecule has 0 bridgehead atoms. The van der Waals surface area contributed by atoms with Crippen molar-refractivity contribution in [1.82, 2.24) is 0 Å². The normalized spacial score (nSPS) is 9.65. The number of hydrogen-bond acceptors (Lipinski definition) is 3. The molecule has 0 unspecified atom stereocenters. The maximum absolute atomic E-state index is 7.50. The molecule has 0 aliphatic carbocycles. The summed E-state index contributed by atoms with van der Waals surface area (Å²) in [6.07, 6.45) is 0. The molecule has 0 aliphatic heterocycles. The summed E-state index contributed by atoms with van der Waals surface area (Å²) in [5.41, 5.74) is 8.25. The molecule has 0 saturated carbocycles. The predicted molar refractivity (Wildman–Crippen MR) is 216 cm³/mol. The number of carbonyl (C=O) groups excluding carboxylic acids is 3. The van der Waals surface area contributed by atoms with E-state index in [1.165, 1.54) is 65.2 Å². The molecule has 0 aromatic heterocycles. The van der Waals surface area contributed by atoms with Gasteiger partial charge in [-0.15, -0.1) is 0 Å². The summed E-state index contributed by atoms with van der Waals surface area (Å²) >= 11 is 0. The predicted octanol–water partition coefficient (Wildman–Crippen LogP) is 7.55. The Morgan fingerprint density at radius 2 is 0.392 bits per heavy atom. The van der Waals surface area contributed by atoms with Gasteiger partial charge in [0.25, 0.3) is 20.4 Å². The van der Waals surface area contributed by atoms with Gasteiger partial charge in [0.15, 0.2) is 0 Å². The van der Waals surface area contributed by atoms with E-state index in [1.807, 2.05) is 0 Å². The van der Waals surface area contributed by atoms with Crippen LogP contribution in [0.15, 0.2) is 146 Å². The molecule has 0 fully saturated rings. The van der Waals surface area contributed by atoms with Crippen molar-refractivity contribution in [3.63, 3.8) is 0 Å². The van der Waals surface area contributed by atoms with E-state index in [2.05, 4.69) is 208 Å². The zero-order valence-electron chi connectivity index (χ0n) is 29.8. The van der Waals surface area contributed by atoms with Gasteiger partial charge in [0.2, 0.25) is 0 Å². The second-order valence-corrected chi connectivity index (χ2v) is 15.6. The Bertz CT molecular complexity index is 1570. The Kier molecular flexibility index (Phi) is 21.0. The molecule has 6 rings (SSSR count). The Morgan fingerprint density at radius 1 is 0.275 bits per heavy atom. The summed E-state index contributed by atoms with van der Waals surface area (Å²) in [5, 5.41) is 8.76. The van der Waals surface area contributed by atoms with Gasteiger partial charge in [-0.2, -0.15) is 0 Å². The topological polar surface area (TPSA) is 51.2 Å². The van der Waals surface area contributed by atoms with Crippen molar-refractivity contribution in [2.75, 3.05) is 0 Å². The van der Waals surface area contributed by atoms with Crippen LogP contribution in [0.1, 0.15) is 33.4 Å². The largest absolute Gasteiger partial charge is 0.281 e. The third-order valence-electron chi connectivity index (χ3n) is 8.14. The average Bonchev–Trinajstić information content (AvgIpc) is 3.16. The second kappa shape index (κ2) is 24.0. The molecule has 0 amide bonds. The van der Waals surface area contributed by atoms with Gasteiger partial charge in [-0.05, 0) is 123 Å². The maximum atomic E-state index is 7.50. The first-order valence-electron chi connectivity index (χ1n) is 15.9. The van der Waals surface area contributed by atoms with Crippen molar-refractivity contribution in [3.05, 3.63) is 179 Å². The van der Waals surface area contributed by atoms with Crippen LogP contribution in [0.3, 0.4) is 0 Å². The van der Waals surface area contributed by atoms with E-state index in [0.717, 1.165) is 0 Å². The Hall–Kier alpha value is -4.29. The third kappa shape index (κ3) is 11.9. The van der Waals surface area contributed by atoms with Crippen LogP contribution in [0, 0.1) is 41.5 Å². The van der Waals surface area contributed by atoms with E-state index in [4.69, 9.17) is 14.4 Å². The SMILES string of the molecule is Cc1ccccc1P(c1ccccc1C)c1ccccc1C.Cc1ccccc1P(c1ccccc1C)c1ccccc1C.[C]=O.[C]=O.[C]=O.[Fe]. The number of aryl methyl sites for hydroxylation is 6. The zero-order chi connectivity index (χ0) is 37.1. The van der Waals surface area contributed by atoms with Crippen molar-refractivity contribution in [2.45, 2.75) is 41.5 Å². The van der Waals surface area contributed by atoms with Crippen molar-refractivity contribution < 1.29 is 31.5 Å². The molecule has 6 aromatic rings. The van der Waals surface area contributed by atoms with Crippen LogP contribution < -0.4 is 31.8 Å². The molecule has 0 atom stereocenters. The number of benzene rings is 6. The molecule has 6 aromatic carbocycles. The van der Waals surface area contributed by atoms with Crippen molar-refractivity contribution in [2.24, 2.45) is 0 Å². The smallest absolute Gasteiger partial charge is 0.281 e. The van der Waals surface area contributed by atoms with Gasteiger partial charge < -0.3 is 0 Å². The standard InChI is InChI=1S/2C21H21P.3CO.Fe/c2*1-16-10-4-7-13-19(16)22(20-14-8-5-11-17(20)2)21-15-9-6-12-18(21)3;3*1-2;/h2*4-15H,1-3H3;;;;. The van der Waals surface area contributed by atoms with Crippen LogP contribution in [-0.2, 0) is 31.5 Å². The van der Waals surface area contributed by atoms with Gasteiger partial charge in [0, 0.05) is 17.1 Å². The van der Waals surface area contributed by atoms with E-state index in [0.29, 0.717) is 0 Å². The minimum absolute atomic E-state index is 0. The Labute approximate surface area is 318 Å². The molecular weight excluding hydrogens is 706 g/mol. The molecule has 51 heavy (non-hydrogen) atoms. The van der Waals surface area contributed by atoms with Gasteiger partial charge in [-0.25, -0.2) is 0 Å². The maximum Gasteiger partial charge on any atom is 0.281 e. The summed E-state index contributed by atoms with van der Waals surface area (Å²) in [5.74, 6) is 0. The average molecular weight is 749 g/mol. The minimum atomic E-state index is -0.508. The van der Waals surface area contributed by atoms with Gasteiger partial charge in [0.05, 0.1) is 0 Å². The van der Waals surface area contributed by atoms with Gasteiger partial charge >= 0.3 is 0 Å². The van der Waals surface area contributed by atoms with E-state index >= 15 is 0 Å². The summed E-state index contributed by atoms with van der Waals surface area (Å²) in [6, 6.07) is 52.8. The fourth-order valence-electron chi connectivity index (χ4n) is 5.66. The first kappa shape index (κ1) is 44.7. The van der Waals surface area contributed by atoms with E-state index < -0.39 is 15.8 Å². The summed E-state index contributed by atoms with van der Waals surface area (Å²) in [7, 11) is -1.02. The Morgan fingerprint density at radius 3 is 0.510 bits per heavy atom. The van der Waals surface area contributed by atoms with Crippen LogP contribution in [0.4, 0.5) is 0 Å². The molecule has 0 heterocycles. The monoisotopic (exact) mass is 748 g/mol. The van der Waals surface area contributed by atoms with Crippen molar-refractivity contribution in [1.29, 1.82) is 0 Å². The van der Waals surface area contributed by atoms with Gasteiger partial charge in [-0.1, -0.05) is 146 Å². The molecule has 6 radical (unpaired) electrons. The summed E-state index contributed by atoms with van der Waals surface area (Å²) < 4.78 is 0. The minimum Gasteiger partial charge on any atom is -0.281 e. The molecule has 0 aliphatic rings. The first-order chi connectivity index (χ1) is 24.4. The molecule has 6 heteroatoms. The van der Waals surface area contributed by atoms with Gasteiger partial charge in [-0.3, -0.25) is 14.4 Å². The number of hydrogen-bond donors (Lipinski definition) is 0. The molecular formula is C45H42FeO3P2. The fourth-order valence-corrected chi connectivity index (χ4v) is 11.2. The van der Waals surface area contributed by atoms with Crippen LogP contribution in [-0.4, -0.2) is 20.4 Å². The van der Waals surface area contributed by atoms with E-state index in [9.17, 15) is 0 Å². The molecule has 0 spiro atoms. The zero-order valence-corrected chi connectivity index (χ0v) is 32.7. The summed E-state index contributed by atoms with van der Waals surface area (Å²) in [6.45, 7) is 26.8. The number of rotatable bonds is 6. The van der Waals surface area contributed by atoms with Crippen LogP contribution >= 0.6 is 15.8 Å². The second-order valence-electron chi connectivity index (χ2n) is 11.4. The van der Waals surface area contributed by atoms with Crippen molar-refractivity contribution in [3.8, 4) is 0 Å². The first-order valence-corrected chi connectivity index (χ1v) is 18.6. The Balaban J connectivity index is 0.000000438.